The number of aryl methyl sites for hydroxylation is 1. The SMILES string of the molecule is Cn1cc(N)c(C(=O)NCCOC(N)=O)n1. The number of hydrogen-bond donors (Lipinski definition) is 3. The van der Waals surface area contributed by atoms with Crippen LogP contribution in [0.1, 0.15) is 10.5 Å². The van der Waals surface area contributed by atoms with Gasteiger partial charge in [0.05, 0.1) is 12.2 Å². The second-order valence-electron chi connectivity index (χ2n) is 3.03. The third-order valence-corrected chi connectivity index (χ3v) is 1.70. The number of amides is 2. The lowest BCUT2D eigenvalue weighted by molar-refractivity contribution is 0.0932. The van der Waals surface area contributed by atoms with Crippen LogP contribution in [0.5, 0.6) is 0 Å². The van der Waals surface area contributed by atoms with Crippen LogP contribution in [0.3, 0.4) is 0 Å². The number of carbonyl (C=O) groups is 2. The highest BCUT2D eigenvalue weighted by Gasteiger charge is 2.13. The molecule has 1 aromatic rings. The van der Waals surface area contributed by atoms with Gasteiger partial charge in [0.25, 0.3) is 5.91 Å². The van der Waals surface area contributed by atoms with Crippen LogP contribution in [0.15, 0.2) is 6.20 Å². The molecule has 88 valence electrons. The van der Waals surface area contributed by atoms with E-state index in [4.69, 9.17) is 11.5 Å². The molecule has 0 saturated heterocycles. The van der Waals surface area contributed by atoms with E-state index in [0.717, 1.165) is 0 Å². The van der Waals surface area contributed by atoms with Crippen LogP contribution >= 0.6 is 0 Å². The molecule has 0 aliphatic heterocycles. The van der Waals surface area contributed by atoms with Crippen molar-refractivity contribution < 1.29 is 14.3 Å². The average molecular weight is 227 g/mol. The van der Waals surface area contributed by atoms with Crippen LogP contribution in [0.25, 0.3) is 0 Å². The summed E-state index contributed by atoms with van der Waals surface area (Å²) in [6.07, 6.45) is 0.640. The lowest BCUT2D eigenvalue weighted by atomic mass is 10.3. The number of primary amides is 1. The van der Waals surface area contributed by atoms with E-state index in [1.54, 1.807) is 7.05 Å². The van der Waals surface area contributed by atoms with Gasteiger partial charge in [0, 0.05) is 13.2 Å². The van der Waals surface area contributed by atoms with Gasteiger partial charge in [0.2, 0.25) is 0 Å². The molecule has 2 amide bonds. The highest BCUT2D eigenvalue weighted by molar-refractivity contribution is 5.96. The number of rotatable bonds is 4. The van der Waals surface area contributed by atoms with Gasteiger partial charge in [-0.2, -0.15) is 5.10 Å². The van der Waals surface area contributed by atoms with E-state index in [9.17, 15) is 9.59 Å². The Labute approximate surface area is 91.5 Å². The monoisotopic (exact) mass is 227 g/mol. The fourth-order valence-corrected chi connectivity index (χ4v) is 1.08. The van der Waals surface area contributed by atoms with E-state index >= 15 is 0 Å². The maximum absolute atomic E-state index is 11.5. The van der Waals surface area contributed by atoms with Gasteiger partial charge in [-0.1, -0.05) is 0 Å². The van der Waals surface area contributed by atoms with Crippen LogP contribution in [0.4, 0.5) is 10.5 Å². The van der Waals surface area contributed by atoms with Crippen molar-refractivity contribution in [2.75, 3.05) is 18.9 Å². The maximum atomic E-state index is 11.5. The molecule has 0 radical (unpaired) electrons. The van der Waals surface area contributed by atoms with Gasteiger partial charge >= 0.3 is 6.09 Å². The average Bonchev–Trinajstić information content (AvgIpc) is 2.52. The number of nitrogens with one attached hydrogen (secondary N) is 1. The maximum Gasteiger partial charge on any atom is 0.404 e. The molecule has 0 aromatic carbocycles. The standard InChI is InChI=1S/C8H13N5O3/c1-13-4-5(9)6(12-13)7(14)11-2-3-16-8(10)15/h4H,2-3,9H2,1H3,(H2,10,15)(H,11,14). The molecule has 0 aliphatic rings. The third-order valence-electron chi connectivity index (χ3n) is 1.70. The number of aromatic nitrogens is 2. The molecular weight excluding hydrogens is 214 g/mol. The third kappa shape index (κ3) is 3.15. The molecule has 5 N–H and O–H groups in total. The van der Waals surface area contributed by atoms with E-state index in [-0.39, 0.29) is 24.5 Å². The Hall–Kier alpha value is -2.25. The summed E-state index contributed by atoms with van der Waals surface area (Å²) in [5, 5.41) is 6.35. The quantitative estimate of drug-likeness (QED) is 0.559. The van der Waals surface area contributed by atoms with Crippen molar-refractivity contribution >= 4 is 17.7 Å². The van der Waals surface area contributed by atoms with Crippen LogP contribution in [-0.4, -0.2) is 34.9 Å². The molecule has 0 atom stereocenters. The van der Waals surface area contributed by atoms with Gasteiger partial charge in [-0.05, 0) is 0 Å². The van der Waals surface area contributed by atoms with Crippen LogP contribution < -0.4 is 16.8 Å². The summed E-state index contributed by atoms with van der Waals surface area (Å²) in [4.78, 5) is 21.7. The van der Waals surface area contributed by atoms with Crippen molar-refractivity contribution in [3.63, 3.8) is 0 Å². The molecule has 16 heavy (non-hydrogen) atoms. The van der Waals surface area contributed by atoms with E-state index in [2.05, 4.69) is 15.2 Å². The highest BCUT2D eigenvalue weighted by Crippen LogP contribution is 2.06. The van der Waals surface area contributed by atoms with Crippen molar-refractivity contribution in [2.45, 2.75) is 0 Å². The first-order valence-electron chi connectivity index (χ1n) is 4.50. The summed E-state index contributed by atoms with van der Waals surface area (Å²) in [5.41, 5.74) is 10.7. The summed E-state index contributed by atoms with van der Waals surface area (Å²) in [6.45, 7) is 0.158. The molecule has 8 nitrogen and oxygen atoms in total. The number of nitrogen functional groups attached to an aromatic ring is 1. The molecule has 0 spiro atoms. The zero-order chi connectivity index (χ0) is 12.1. The summed E-state index contributed by atoms with van der Waals surface area (Å²) in [6, 6.07) is 0. The molecule has 8 heteroatoms. The van der Waals surface area contributed by atoms with Crippen molar-refractivity contribution in [1.82, 2.24) is 15.1 Å². The fraction of sp³-hybridized carbons (Fsp3) is 0.375. The zero-order valence-corrected chi connectivity index (χ0v) is 8.77. The van der Waals surface area contributed by atoms with Crippen molar-refractivity contribution in [2.24, 2.45) is 12.8 Å². The summed E-state index contributed by atoms with van der Waals surface area (Å²) < 4.78 is 5.87. The largest absolute Gasteiger partial charge is 0.448 e. The normalized spacial score (nSPS) is 9.81. The summed E-state index contributed by atoms with van der Waals surface area (Å²) in [5.74, 6) is -0.425. The van der Waals surface area contributed by atoms with Crippen LogP contribution in [0.2, 0.25) is 0 Å². The first kappa shape index (κ1) is 11.8. The van der Waals surface area contributed by atoms with Crippen molar-refractivity contribution in [1.29, 1.82) is 0 Å². The first-order chi connectivity index (χ1) is 7.50. The Bertz CT molecular complexity index is 400. The minimum atomic E-state index is -0.883. The van der Waals surface area contributed by atoms with Gasteiger partial charge in [-0.25, -0.2) is 4.79 Å². The number of ether oxygens (including phenoxy) is 1. The Morgan fingerprint density at radius 1 is 1.62 bits per heavy atom. The molecule has 1 rings (SSSR count). The molecule has 1 aromatic heterocycles. The van der Waals surface area contributed by atoms with Crippen molar-refractivity contribution in [3.8, 4) is 0 Å². The van der Waals surface area contributed by atoms with Gasteiger partial charge in [0.1, 0.15) is 6.61 Å². The predicted octanol–water partition coefficient (Wildman–Crippen LogP) is -1.17. The van der Waals surface area contributed by atoms with Gasteiger partial charge < -0.3 is 21.5 Å². The highest BCUT2D eigenvalue weighted by atomic mass is 16.5. The fourth-order valence-electron chi connectivity index (χ4n) is 1.08. The summed E-state index contributed by atoms with van der Waals surface area (Å²) in [7, 11) is 1.66. The number of hydrogen-bond acceptors (Lipinski definition) is 5. The summed E-state index contributed by atoms with van der Waals surface area (Å²) >= 11 is 0. The number of anilines is 1. The number of nitrogens with zero attached hydrogens (tertiary/aromatic N) is 2. The molecular formula is C8H13N5O3. The minimum absolute atomic E-state index is 0.00775. The number of nitrogens with two attached hydrogens (primary N) is 2. The lowest BCUT2D eigenvalue weighted by Gasteiger charge is -2.03. The van der Waals surface area contributed by atoms with Gasteiger partial charge in [-0.15, -0.1) is 0 Å². The molecule has 0 saturated carbocycles. The first-order valence-corrected chi connectivity index (χ1v) is 4.50. The second kappa shape index (κ2) is 5.01. The Morgan fingerprint density at radius 3 is 2.81 bits per heavy atom. The molecule has 0 unspecified atom stereocenters. The zero-order valence-electron chi connectivity index (χ0n) is 8.77. The molecule has 1 heterocycles. The van der Waals surface area contributed by atoms with Crippen LogP contribution in [0, 0.1) is 0 Å². The number of carbonyl (C=O) groups excluding carboxylic acids is 2. The van der Waals surface area contributed by atoms with Gasteiger partial charge in [-0.3, -0.25) is 9.48 Å². The molecule has 0 fully saturated rings. The van der Waals surface area contributed by atoms with Gasteiger partial charge in [0.15, 0.2) is 5.69 Å². The van der Waals surface area contributed by atoms with E-state index < -0.39 is 12.0 Å². The second-order valence-corrected chi connectivity index (χ2v) is 3.03. The Morgan fingerprint density at radius 2 is 2.31 bits per heavy atom. The van der Waals surface area contributed by atoms with E-state index in [1.165, 1.54) is 10.9 Å². The smallest absolute Gasteiger partial charge is 0.404 e. The Balaban J connectivity index is 2.41. The van der Waals surface area contributed by atoms with Crippen LogP contribution in [-0.2, 0) is 11.8 Å². The minimum Gasteiger partial charge on any atom is -0.448 e. The van der Waals surface area contributed by atoms with E-state index in [0.29, 0.717) is 0 Å². The molecule has 0 bridgehead atoms. The van der Waals surface area contributed by atoms with Crippen molar-refractivity contribution in [3.05, 3.63) is 11.9 Å². The lowest BCUT2D eigenvalue weighted by Crippen LogP contribution is -2.29. The topological polar surface area (TPSA) is 125 Å². The molecule has 0 aliphatic carbocycles. The predicted molar refractivity (Wildman–Crippen MR) is 55.5 cm³/mol. The Kier molecular flexibility index (Phi) is 3.70. The van der Waals surface area contributed by atoms with E-state index in [1.807, 2.05) is 0 Å².